The van der Waals surface area contributed by atoms with Gasteiger partial charge < -0.3 is 4.90 Å². The monoisotopic (exact) mass is 841 g/mol. The first kappa shape index (κ1) is 36.4. The van der Waals surface area contributed by atoms with E-state index >= 15 is 0 Å². The van der Waals surface area contributed by atoms with Gasteiger partial charge >= 0.3 is 0 Å². The average Bonchev–Trinajstić information content (AvgIpc) is 4.01. The van der Waals surface area contributed by atoms with Crippen molar-refractivity contribution in [1.82, 2.24) is 0 Å². The van der Waals surface area contributed by atoms with Gasteiger partial charge in [-0.2, -0.15) is 0 Å². The lowest BCUT2D eigenvalue weighted by atomic mass is 9.70. The highest BCUT2D eigenvalue weighted by molar-refractivity contribution is 7.26. The SMILES string of the molecule is c1ccc2c(c1)-c1ccccc1C21c2ccccc2-c2c(N(c3ccc(-c4ccc5cccc(-c6ccc7ccccc7c6)c5c4)cc3)c3cccc4c3sc3ccccc34)cccc21. The molecule has 0 aliphatic heterocycles. The van der Waals surface area contributed by atoms with E-state index in [9.17, 15) is 0 Å². The summed E-state index contributed by atoms with van der Waals surface area (Å²) in [6.07, 6.45) is 0. The van der Waals surface area contributed by atoms with Gasteiger partial charge in [0, 0.05) is 26.7 Å². The van der Waals surface area contributed by atoms with Gasteiger partial charge in [0.05, 0.1) is 21.5 Å². The summed E-state index contributed by atoms with van der Waals surface area (Å²) in [5.41, 5.74) is 18.5. The van der Waals surface area contributed by atoms with E-state index in [4.69, 9.17) is 0 Å². The maximum atomic E-state index is 2.54. The molecule has 302 valence electrons. The van der Waals surface area contributed by atoms with Gasteiger partial charge in [0.25, 0.3) is 0 Å². The number of nitrogens with zero attached hydrogens (tertiary/aromatic N) is 1. The van der Waals surface area contributed by atoms with Gasteiger partial charge in [-0.05, 0) is 125 Å². The van der Waals surface area contributed by atoms with Crippen LogP contribution in [0.3, 0.4) is 0 Å². The van der Waals surface area contributed by atoms with Gasteiger partial charge in [0.2, 0.25) is 0 Å². The van der Waals surface area contributed by atoms with Crippen LogP contribution in [-0.4, -0.2) is 0 Å². The molecule has 0 atom stereocenters. The molecule has 0 N–H and O–H groups in total. The third kappa shape index (κ3) is 5.20. The fraction of sp³-hybridized carbons (Fsp3) is 0.0159. The average molecular weight is 842 g/mol. The van der Waals surface area contributed by atoms with Crippen molar-refractivity contribution in [3.8, 4) is 44.5 Å². The molecule has 2 aliphatic carbocycles. The van der Waals surface area contributed by atoms with Crippen molar-refractivity contribution in [3.63, 3.8) is 0 Å². The molecule has 0 saturated carbocycles. The highest BCUT2D eigenvalue weighted by atomic mass is 32.1. The number of fused-ring (bicyclic) bond motifs is 15. The van der Waals surface area contributed by atoms with E-state index in [1.165, 1.54) is 120 Å². The van der Waals surface area contributed by atoms with Crippen LogP contribution in [-0.2, 0) is 5.41 Å². The molecule has 1 heterocycles. The molecule has 0 bridgehead atoms. The third-order valence-electron chi connectivity index (χ3n) is 14.3. The van der Waals surface area contributed by atoms with Crippen molar-refractivity contribution in [2.24, 2.45) is 0 Å². The van der Waals surface area contributed by atoms with E-state index in [1.54, 1.807) is 0 Å². The standard InChI is InChI=1S/C63H39NS/c1-2-15-43-38-45(33-30-40(43)14-1)47-21-11-16-42-31-32-44(39-53(42)47)41-34-36-46(37-35-41)64(59-28-12-22-51-50-19-6-10-29-60(50)65-62(51)59)58-27-13-26-57-61(58)52-20-5-9-25-56(52)63(57)54-23-7-3-17-48(54)49-18-4-8-24-55(49)63/h1-39H. The molecule has 11 aromatic carbocycles. The highest BCUT2D eigenvalue weighted by Crippen LogP contribution is 2.65. The normalized spacial score (nSPS) is 13.0. The van der Waals surface area contributed by atoms with Crippen molar-refractivity contribution in [2.75, 3.05) is 4.90 Å². The Kier molecular flexibility index (Phi) is 7.84. The smallest absolute Gasteiger partial charge is 0.0726 e. The predicted molar refractivity (Wildman–Crippen MR) is 276 cm³/mol. The minimum atomic E-state index is -0.434. The molecule has 0 fully saturated rings. The van der Waals surface area contributed by atoms with Crippen molar-refractivity contribution >= 4 is 70.1 Å². The second-order valence-electron chi connectivity index (χ2n) is 17.5. The van der Waals surface area contributed by atoms with Gasteiger partial charge in [-0.3, -0.25) is 0 Å². The lowest BCUT2D eigenvalue weighted by Gasteiger charge is -2.32. The minimum Gasteiger partial charge on any atom is -0.308 e. The predicted octanol–water partition coefficient (Wildman–Crippen LogP) is 17.5. The fourth-order valence-electron chi connectivity index (χ4n) is 11.5. The van der Waals surface area contributed by atoms with Crippen LogP contribution in [0.15, 0.2) is 237 Å². The number of thiophene rings is 1. The van der Waals surface area contributed by atoms with E-state index in [1.807, 2.05) is 11.3 Å². The van der Waals surface area contributed by atoms with E-state index < -0.39 is 5.41 Å². The van der Waals surface area contributed by atoms with Gasteiger partial charge in [-0.25, -0.2) is 0 Å². The summed E-state index contributed by atoms with van der Waals surface area (Å²) in [5.74, 6) is 0. The lowest BCUT2D eigenvalue weighted by molar-refractivity contribution is 0.794. The molecular formula is C63H39NS. The van der Waals surface area contributed by atoms with E-state index in [2.05, 4.69) is 241 Å². The molecule has 2 aliphatic rings. The zero-order valence-corrected chi connectivity index (χ0v) is 36.2. The van der Waals surface area contributed by atoms with Gasteiger partial charge in [0.15, 0.2) is 0 Å². The first-order chi connectivity index (χ1) is 32.2. The molecule has 65 heavy (non-hydrogen) atoms. The summed E-state index contributed by atoms with van der Waals surface area (Å²) in [4.78, 5) is 2.54. The van der Waals surface area contributed by atoms with Crippen LogP contribution in [0.4, 0.5) is 17.1 Å². The number of hydrogen-bond donors (Lipinski definition) is 0. The molecule has 0 amide bonds. The zero-order valence-electron chi connectivity index (χ0n) is 35.4. The third-order valence-corrected chi connectivity index (χ3v) is 15.5. The van der Waals surface area contributed by atoms with Crippen LogP contribution < -0.4 is 4.90 Å². The molecular weight excluding hydrogens is 803 g/mol. The summed E-state index contributed by atoms with van der Waals surface area (Å²) in [6, 6.07) is 88.3. The van der Waals surface area contributed by atoms with Gasteiger partial charge in [-0.15, -0.1) is 11.3 Å². The number of hydrogen-bond acceptors (Lipinski definition) is 2. The Labute approximate surface area is 381 Å². The van der Waals surface area contributed by atoms with Crippen molar-refractivity contribution in [3.05, 3.63) is 259 Å². The number of anilines is 3. The van der Waals surface area contributed by atoms with E-state index in [-0.39, 0.29) is 0 Å². The maximum Gasteiger partial charge on any atom is 0.0726 e. The Bertz CT molecular complexity index is 3860. The summed E-state index contributed by atoms with van der Waals surface area (Å²) < 4.78 is 2.58. The van der Waals surface area contributed by atoms with Gasteiger partial charge in [0.1, 0.15) is 0 Å². The van der Waals surface area contributed by atoms with Crippen molar-refractivity contribution < 1.29 is 0 Å². The lowest BCUT2D eigenvalue weighted by Crippen LogP contribution is -2.26. The quantitative estimate of drug-likeness (QED) is 0.167. The molecule has 1 spiro atoms. The van der Waals surface area contributed by atoms with Crippen LogP contribution in [0.25, 0.3) is 86.2 Å². The van der Waals surface area contributed by atoms with Crippen molar-refractivity contribution in [2.45, 2.75) is 5.41 Å². The zero-order chi connectivity index (χ0) is 42.6. The summed E-state index contributed by atoms with van der Waals surface area (Å²) in [6.45, 7) is 0. The Morgan fingerprint density at radius 1 is 0.323 bits per heavy atom. The molecule has 1 aromatic heterocycles. The first-order valence-corrected chi connectivity index (χ1v) is 23.3. The number of benzene rings is 11. The van der Waals surface area contributed by atoms with Crippen LogP contribution >= 0.6 is 11.3 Å². The second kappa shape index (κ2) is 14.0. The minimum absolute atomic E-state index is 0.434. The van der Waals surface area contributed by atoms with Crippen LogP contribution in [0, 0.1) is 0 Å². The molecule has 12 aromatic rings. The van der Waals surface area contributed by atoms with Crippen LogP contribution in [0.1, 0.15) is 22.3 Å². The fourth-order valence-corrected chi connectivity index (χ4v) is 12.7. The van der Waals surface area contributed by atoms with Crippen LogP contribution in [0.5, 0.6) is 0 Å². The Hall–Kier alpha value is -8.04. The van der Waals surface area contributed by atoms with Crippen molar-refractivity contribution in [1.29, 1.82) is 0 Å². The van der Waals surface area contributed by atoms with Crippen LogP contribution in [0.2, 0.25) is 0 Å². The summed E-state index contributed by atoms with van der Waals surface area (Å²) in [7, 11) is 0. The molecule has 0 unspecified atom stereocenters. The van der Waals surface area contributed by atoms with Gasteiger partial charge in [-0.1, -0.05) is 194 Å². The molecule has 1 nitrogen and oxygen atoms in total. The topological polar surface area (TPSA) is 3.24 Å². The molecule has 2 heteroatoms. The molecule has 14 rings (SSSR count). The molecule has 0 radical (unpaired) electrons. The second-order valence-corrected chi connectivity index (χ2v) is 18.6. The summed E-state index contributed by atoms with van der Waals surface area (Å²) >= 11 is 1.88. The highest BCUT2D eigenvalue weighted by Gasteiger charge is 2.52. The maximum absolute atomic E-state index is 2.54. The Morgan fingerprint density at radius 3 is 1.69 bits per heavy atom. The summed E-state index contributed by atoms with van der Waals surface area (Å²) in [5, 5.41) is 7.59. The Morgan fingerprint density at radius 2 is 0.877 bits per heavy atom. The molecule has 0 saturated heterocycles. The van der Waals surface area contributed by atoms with E-state index in [0.29, 0.717) is 0 Å². The largest absolute Gasteiger partial charge is 0.308 e. The number of rotatable bonds is 5. The Balaban J connectivity index is 0.974. The first-order valence-electron chi connectivity index (χ1n) is 22.5. The van der Waals surface area contributed by atoms with E-state index in [0.717, 1.165) is 5.69 Å².